The summed E-state index contributed by atoms with van der Waals surface area (Å²) in [5.41, 5.74) is 1.18. The Kier molecular flexibility index (Phi) is 4.53. The molecule has 1 rings (SSSR count). The number of carbonyl (C=O) groups is 1. The summed E-state index contributed by atoms with van der Waals surface area (Å²) in [6, 6.07) is 7.94. The predicted octanol–water partition coefficient (Wildman–Crippen LogP) is 3.56. The number of hydrogen-bond donors (Lipinski definition) is 0. The van der Waals surface area contributed by atoms with Crippen molar-refractivity contribution in [2.24, 2.45) is 0 Å². The highest BCUT2D eigenvalue weighted by Crippen LogP contribution is 2.29. The van der Waals surface area contributed by atoms with Crippen molar-refractivity contribution in [2.75, 3.05) is 0 Å². The first kappa shape index (κ1) is 12.8. The van der Waals surface area contributed by atoms with E-state index in [-0.39, 0.29) is 11.9 Å². The Labute approximate surface area is 97.6 Å². The molecule has 1 aromatic carbocycles. The number of ether oxygens (including phenoxy) is 1. The van der Waals surface area contributed by atoms with Crippen LogP contribution >= 0.6 is 0 Å². The smallest absolute Gasteiger partial charge is 0.169 e. The minimum Gasteiger partial charge on any atom is -0.483 e. The van der Waals surface area contributed by atoms with Crippen LogP contribution in [0, 0.1) is 0 Å². The molecule has 0 amide bonds. The van der Waals surface area contributed by atoms with Crippen LogP contribution in [0.25, 0.3) is 0 Å². The summed E-state index contributed by atoms with van der Waals surface area (Å²) in [4.78, 5) is 11.2. The maximum atomic E-state index is 11.2. The van der Waals surface area contributed by atoms with Crippen molar-refractivity contribution >= 4 is 5.78 Å². The van der Waals surface area contributed by atoms with Crippen molar-refractivity contribution in [1.82, 2.24) is 0 Å². The van der Waals surface area contributed by atoms with Gasteiger partial charge in [-0.15, -0.1) is 0 Å². The average molecular weight is 220 g/mol. The summed E-state index contributed by atoms with van der Waals surface area (Å²) in [5.74, 6) is 1.34. The van der Waals surface area contributed by atoms with Gasteiger partial charge in [-0.05, 0) is 37.8 Å². The summed E-state index contributed by atoms with van der Waals surface area (Å²) in [5, 5.41) is 0. The number of ketones is 1. The molecule has 1 aromatic rings. The summed E-state index contributed by atoms with van der Waals surface area (Å²) >= 11 is 0. The van der Waals surface area contributed by atoms with Crippen molar-refractivity contribution < 1.29 is 9.53 Å². The highest BCUT2D eigenvalue weighted by Gasteiger charge is 2.14. The van der Waals surface area contributed by atoms with E-state index >= 15 is 0 Å². The fourth-order valence-electron chi connectivity index (χ4n) is 1.49. The Morgan fingerprint density at radius 2 is 1.94 bits per heavy atom. The molecule has 0 aromatic heterocycles. The van der Waals surface area contributed by atoms with E-state index in [2.05, 4.69) is 19.9 Å². The van der Waals surface area contributed by atoms with Gasteiger partial charge in [-0.1, -0.05) is 32.0 Å². The third kappa shape index (κ3) is 3.09. The van der Waals surface area contributed by atoms with Crippen LogP contribution in [0.4, 0.5) is 0 Å². The average Bonchev–Trinajstić information content (AvgIpc) is 2.28. The van der Waals surface area contributed by atoms with Crippen molar-refractivity contribution in [1.29, 1.82) is 0 Å². The molecule has 0 aliphatic heterocycles. The van der Waals surface area contributed by atoms with Crippen molar-refractivity contribution in [3.63, 3.8) is 0 Å². The lowest BCUT2D eigenvalue weighted by molar-refractivity contribution is -0.122. The number of para-hydroxylation sites is 1. The summed E-state index contributed by atoms with van der Waals surface area (Å²) in [7, 11) is 0. The van der Waals surface area contributed by atoms with Crippen LogP contribution in [-0.4, -0.2) is 11.9 Å². The highest BCUT2D eigenvalue weighted by atomic mass is 16.5. The number of carbonyl (C=O) groups excluding carboxylic acids is 1. The van der Waals surface area contributed by atoms with Gasteiger partial charge in [0.05, 0.1) is 0 Å². The monoisotopic (exact) mass is 220 g/mol. The predicted molar refractivity (Wildman–Crippen MR) is 65.9 cm³/mol. The van der Waals surface area contributed by atoms with E-state index in [0.717, 1.165) is 12.2 Å². The van der Waals surface area contributed by atoms with Crippen LogP contribution in [0.15, 0.2) is 24.3 Å². The lowest BCUT2D eigenvalue weighted by Gasteiger charge is -2.18. The van der Waals surface area contributed by atoms with E-state index in [4.69, 9.17) is 4.74 Å². The van der Waals surface area contributed by atoms with Gasteiger partial charge in [-0.3, -0.25) is 4.79 Å². The Morgan fingerprint density at radius 3 is 2.50 bits per heavy atom. The van der Waals surface area contributed by atoms with Gasteiger partial charge in [0.1, 0.15) is 5.75 Å². The van der Waals surface area contributed by atoms with Crippen LogP contribution in [0.2, 0.25) is 0 Å². The van der Waals surface area contributed by atoms with Gasteiger partial charge in [-0.25, -0.2) is 0 Å². The van der Waals surface area contributed by atoms with E-state index in [0.29, 0.717) is 5.92 Å². The maximum absolute atomic E-state index is 11.2. The molecule has 0 bridgehead atoms. The van der Waals surface area contributed by atoms with Crippen LogP contribution in [0.1, 0.15) is 45.6 Å². The normalized spacial score (nSPS) is 14.2. The zero-order valence-corrected chi connectivity index (χ0v) is 10.5. The van der Waals surface area contributed by atoms with Gasteiger partial charge < -0.3 is 4.74 Å². The van der Waals surface area contributed by atoms with Gasteiger partial charge in [0.2, 0.25) is 0 Å². The van der Waals surface area contributed by atoms with E-state index in [1.165, 1.54) is 5.56 Å². The van der Waals surface area contributed by atoms with E-state index < -0.39 is 0 Å². The van der Waals surface area contributed by atoms with Crippen molar-refractivity contribution in [2.45, 2.75) is 46.1 Å². The van der Waals surface area contributed by atoms with Gasteiger partial charge in [0.25, 0.3) is 0 Å². The summed E-state index contributed by atoms with van der Waals surface area (Å²) in [6.45, 7) is 7.66. The molecule has 0 aliphatic carbocycles. The second kappa shape index (κ2) is 5.69. The largest absolute Gasteiger partial charge is 0.483 e. The zero-order chi connectivity index (χ0) is 12.1. The Bertz CT molecular complexity index is 358. The van der Waals surface area contributed by atoms with Crippen molar-refractivity contribution in [3.05, 3.63) is 29.8 Å². The molecule has 0 N–H and O–H groups in total. The maximum Gasteiger partial charge on any atom is 0.169 e. The van der Waals surface area contributed by atoms with Crippen LogP contribution in [0.5, 0.6) is 5.75 Å². The number of Topliss-reactive ketones (excluding diaryl/α,β-unsaturated/α-hetero) is 1. The summed E-state index contributed by atoms with van der Waals surface area (Å²) < 4.78 is 5.68. The third-order valence-corrected chi connectivity index (χ3v) is 2.94. The molecule has 16 heavy (non-hydrogen) atoms. The fourth-order valence-corrected chi connectivity index (χ4v) is 1.49. The number of hydrogen-bond acceptors (Lipinski definition) is 2. The Morgan fingerprint density at radius 1 is 1.31 bits per heavy atom. The molecule has 2 nitrogen and oxygen atoms in total. The zero-order valence-electron chi connectivity index (χ0n) is 10.5. The highest BCUT2D eigenvalue weighted by molar-refractivity contribution is 5.80. The molecule has 2 unspecified atom stereocenters. The molecule has 0 radical (unpaired) electrons. The molecule has 0 spiro atoms. The first-order chi connectivity index (χ1) is 7.56. The minimum absolute atomic E-state index is 0.0546. The molecule has 2 heteroatoms. The molecule has 0 fully saturated rings. The Hall–Kier alpha value is -1.31. The minimum atomic E-state index is -0.370. The first-order valence-corrected chi connectivity index (χ1v) is 5.82. The lowest BCUT2D eigenvalue weighted by Crippen LogP contribution is -2.21. The number of benzene rings is 1. The molecule has 0 saturated heterocycles. The van der Waals surface area contributed by atoms with E-state index in [1.54, 1.807) is 13.8 Å². The van der Waals surface area contributed by atoms with Crippen LogP contribution < -0.4 is 4.74 Å². The molecule has 0 saturated carbocycles. The second-order valence-electron chi connectivity index (χ2n) is 4.22. The van der Waals surface area contributed by atoms with Gasteiger partial charge in [0, 0.05) is 0 Å². The van der Waals surface area contributed by atoms with Gasteiger partial charge in [-0.2, -0.15) is 0 Å². The van der Waals surface area contributed by atoms with Gasteiger partial charge >= 0.3 is 0 Å². The summed E-state index contributed by atoms with van der Waals surface area (Å²) in [6.07, 6.45) is 0.694. The number of rotatable bonds is 5. The molecule has 2 atom stereocenters. The van der Waals surface area contributed by atoms with E-state index in [1.807, 2.05) is 18.2 Å². The topological polar surface area (TPSA) is 26.3 Å². The van der Waals surface area contributed by atoms with Crippen LogP contribution in [-0.2, 0) is 4.79 Å². The molecular formula is C14H20O2. The standard InChI is InChI=1S/C14H20O2/c1-5-10(2)13-8-6-7-9-14(13)16-12(4)11(3)15/h6-10,12H,5H2,1-4H3. The van der Waals surface area contributed by atoms with Crippen LogP contribution in [0.3, 0.4) is 0 Å². The van der Waals surface area contributed by atoms with Crippen molar-refractivity contribution in [3.8, 4) is 5.75 Å². The first-order valence-electron chi connectivity index (χ1n) is 5.82. The second-order valence-corrected chi connectivity index (χ2v) is 4.22. The lowest BCUT2D eigenvalue weighted by atomic mass is 9.98. The molecule has 0 aliphatic rings. The van der Waals surface area contributed by atoms with Gasteiger partial charge in [0.15, 0.2) is 11.9 Å². The fraction of sp³-hybridized carbons (Fsp3) is 0.500. The van der Waals surface area contributed by atoms with E-state index in [9.17, 15) is 4.79 Å². The third-order valence-electron chi connectivity index (χ3n) is 2.94. The SMILES string of the molecule is CCC(C)c1ccccc1OC(C)C(C)=O. The Balaban J connectivity index is 2.90. The molecule has 88 valence electrons. The molecule has 0 heterocycles. The quantitative estimate of drug-likeness (QED) is 0.758. The molecular weight excluding hydrogens is 200 g/mol.